The second kappa shape index (κ2) is 5.78. The predicted octanol–water partition coefficient (Wildman–Crippen LogP) is 1.50. The van der Waals surface area contributed by atoms with Crippen LogP contribution in [0.1, 0.15) is 17.1 Å². The number of aromatic amines is 2. The van der Waals surface area contributed by atoms with Crippen molar-refractivity contribution in [2.75, 3.05) is 6.54 Å². The van der Waals surface area contributed by atoms with Gasteiger partial charge in [0.2, 0.25) is 5.91 Å². The third-order valence-corrected chi connectivity index (χ3v) is 3.51. The van der Waals surface area contributed by atoms with Gasteiger partial charge in [0.1, 0.15) is 12.2 Å². The Bertz CT molecular complexity index is 745. The molecule has 0 radical (unpaired) electrons. The van der Waals surface area contributed by atoms with Crippen LogP contribution in [-0.4, -0.2) is 32.6 Å². The minimum Gasteiger partial charge on any atom is -0.358 e. The molecule has 108 valence electrons. The lowest BCUT2D eigenvalue weighted by atomic mass is 10.1. The van der Waals surface area contributed by atoms with E-state index in [9.17, 15) is 4.79 Å². The standard InChI is InChI=1S/C15H17N5O/c1-10-12(11-4-2-3-5-13(11)19-10)8-15(21)16-7-6-14-17-9-18-20-14/h2-5,9,19H,6-8H2,1H3,(H,16,21)(H,17,18,20). The van der Waals surface area contributed by atoms with Crippen LogP contribution in [0, 0.1) is 6.92 Å². The van der Waals surface area contributed by atoms with Gasteiger partial charge in [-0.1, -0.05) is 18.2 Å². The van der Waals surface area contributed by atoms with E-state index in [0.29, 0.717) is 19.4 Å². The van der Waals surface area contributed by atoms with Gasteiger partial charge < -0.3 is 10.3 Å². The van der Waals surface area contributed by atoms with Crippen molar-refractivity contribution >= 4 is 16.8 Å². The molecule has 21 heavy (non-hydrogen) atoms. The Labute approximate surface area is 122 Å². The summed E-state index contributed by atoms with van der Waals surface area (Å²) in [6.07, 6.45) is 2.50. The predicted molar refractivity (Wildman–Crippen MR) is 79.8 cm³/mol. The minimum absolute atomic E-state index is 0.0161. The lowest BCUT2D eigenvalue weighted by Gasteiger charge is -2.04. The van der Waals surface area contributed by atoms with E-state index in [4.69, 9.17) is 0 Å². The average molecular weight is 283 g/mol. The van der Waals surface area contributed by atoms with E-state index in [0.717, 1.165) is 28.0 Å². The number of aromatic nitrogens is 4. The maximum Gasteiger partial charge on any atom is 0.224 e. The van der Waals surface area contributed by atoms with Crippen molar-refractivity contribution in [3.63, 3.8) is 0 Å². The highest BCUT2D eigenvalue weighted by atomic mass is 16.1. The topological polar surface area (TPSA) is 86.5 Å². The van der Waals surface area contributed by atoms with Crippen molar-refractivity contribution < 1.29 is 4.79 Å². The van der Waals surface area contributed by atoms with Crippen LogP contribution in [-0.2, 0) is 17.6 Å². The van der Waals surface area contributed by atoms with Gasteiger partial charge in [0.15, 0.2) is 0 Å². The minimum atomic E-state index is 0.0161. The number of carbonyl (C=O) groups excluding carboxylic acids is 1. The second-order valence-electron chi connectivity index (χ2n) is 4.98. The smallest absolute Gasteiger partial charge is 0.224 e. The van der Waals surface area contributed by atoms with Crippen molar-refractivity contribution in [2.24, 2.45) is 0 Å². The molecule has 0 aliphatic heterocycles. The van der Waals surface area contributed by atoms with Gasteiger partial charge >= 0.3 is 0 Å². The van der Waals surface area contributed by atoms with Gasteiger partial charge in [-0.25, -0.2) is 4.98 Å². The summed E-state index contributed by atoms with van der Waals surface area (Å²) in [5.41, 5.74) is 3.17. The molecule has 3 aromatic rings. The molecule has 0 aliphatic rings. The number of hydrogen-bond acceptors (Lipinski definition) is 3. The molecule has 0 fully saturated rings. The normalized spacial score (nSPS) is 10.9. The number of fused-ring (bicyclic) bond motifs is 1. The SMILES string of the molecule is Cc1[nH]c2ccccc2c1CC(=O)NCCc1ncn[nH]1. The zero-order chi connectivity index (χ0) is 14.7. The number of rotatable bonds is 5. The third kappa shape index (κ3) is 2.94. The molecule has 0 aliphatic carbocycles. The fourth-order valence-electron chi connectivity index (χ4n) is 2.46. The Morgan fingerprint density at radius 1 is 1.33 bits per heavy atom. The number of nitrogens with zero attached hydrogens (tertiary/aromatic N) is 2. The Hall–Kier alpha value is -2.63. The summed E-state index contributed by atoms with van der Waals surface area (Å²) in [6, 6.07) is 8.03. The quantitative estimate of drug-likeness (QED) is 0.663. The van der Waals surface area contributed by atoms with Crippen molar-refractivity contribution in [3.05, 3.63) is 47.7 Å². The van der Waals surface area contributed by atoms with Crippen molar-refractivity contribution in [1.29, 1.82) is 0 Å². The second-order valence-corrected chi connectivity index (χ2v) is 4.98. The van der Waals surface area contributed by atoms with Gasteiger partial charge in [0, 0.05) is 29.6 Å². The van der Waals surface area contributed by atoms with Crippen LogP contribution < -0.4 is 5.32 Å². The lowest BCUT2D eigenvalue weighted by molar-refractivity contribution is -0.120. The largest absolute Gasteiger partial charge is 0.358 e. The molecule has 6 heteroatoms. The number of benzene rings is 1. The van der Waals surface area contributed by atoms with Gasteiger partial charge in [-0.05, 0) is 18.6 Å². The first-order chi connectivity index (χ1) is 10.2. The molecule has 1 aromatic carbocycles. The molecule has 0 bridgehead atoms. The van der Waals surface area contributed by atoms with Gasteiger partial charge in [0.25, 0.3) is 0 Å². The number of amides is 1. The molecular weight excluding hydrogens is 266 g/mol. The zero-order valence-corrected chi connectivity index (χ0v) is 11.8. The lowest BCUT2D eigenvalue weighted by Crippen LogP contribution is -2.27. The Morgan fingerprint density at radius 2 is 2.19 bits per heavy atom. The van der Waals surface area contributed by atoms with Crippen molar-refractivity contribution in [1.82, 2.24) is 25.5 Å². The molecule has 0 saturated carbocycles. The molecule has 3 N–H and O–H groups in total. The van der Waals surface area contributed by atoms with E-state index < -0.39 is 0 Å². The number of para-hydroxylation sites is 1. The molecule has 0 atom stereocenters. The highest BCUT2D eigenvalue weighted by Gasteiger charge is 2.11. The average Bonchev–Trinajstić information content (AvgIpc) is 3.08. The van der Waals surface area contributed by atoms with E-state index in [-0.39, 0.29) is 5.91 Å². The third-order valence-electron chi connectivity index (χ3n) is 3.51. The molecule has 0 unspecified atom stereocenters. The van der Waals surface area contributed by atoms with Crippen molar-refractivity contribution in [2.45, 2.75) is 19.8 Å². The van der Waals surface area contributed by atoms with E-state index in [1.54, 1.807) is 0 Å². The molecule has 0 saturated heterocycles. The number of nitrogens with one attached hydrogen (secondary N) is 3. The van der Waals surface area contributed by atoms with Crippen LogP contribution in [0.25, 0.3) is 10.9 Å². The molecule has 3 rings (SSSR count). The highest BCUT2D eigenvalue weighted by Crippen LogP contribution is 2.22. The summed E-state index contributed by atoms with van der Waals surface area (Å²) in [4.78, 5) is 19.4. The number of carbonyl (C=O) groups is 1. The van der Waals surface area contributed by atoms with Crippen LogP contribution in [0.5, 0.6) is 0 Å². The summed E-state index contributed by atoms with van der Waals surface area (Å²) in [5, 5.41) is 10.6. The monoisotopic (exact) mass is 283 g/mol. The summed E-state index contributed by atoms with van der Waals surface area (Å²) in [6.45, 7) is 2.55. The molecule has 2 heterocycles. The zero-order valence-electron chi connectivity index (χ0n) is 11.8. The number of H-pyrrole nitrogens is 2. The van der Waals surface area contributed by atoms with E-state index in [1.807, 2.05) is 31.2 Å². The van der Waals surface area contributed by atoms with E-state index >= 15 is 0 Å². The maximum atomic E-state index is 12.1. The number of aryl methyl sites for hydroxylation is 1. The van der Waals surface area contributed by atoms with Gasteiger partial charge in [-0.15, -0.1) is 0 Å². The van der Waals surface area contributed by atoms with Crippen molar-refractivity contribution in [3.8, 4) is 0 Å². The van der Waals surface area contributed by atoms with E-state index in [1.165, 1.54) is 6.33 Å². The highest BCUT2D eigenvalue weighted by molar-refractivity contribution is 5.90. The first kappa shape index (κ1) is 13.4. The Morgan fingerprint density at radius 3 is 3.00 bits per heavy atom. The van der Waals surface area contributed by atoms with Gasteiger partial charge in [-0.3, -0.25) is 9.89 Å². The van der Waals surface area contributed by atoms with Crippen LogP contribution in [0.3, 0.4) is 0 Å². The van der Waals surface area contributed by atoms with Gasteiger partial charge in [0.05, 0.1) is 6.42 Å². The summed E-state index contributed by atoms with van der Waals surface area (Å²) >= 11 is 0. The number of hydrogen-bond donors (Lipinski definition) is 3. The first-order valence-electron chi connectivity index (χ1n) is 6.91. The summed E-state index contributed by atoms with van der Waals surface area (Å²) in [7, 11) is 0. The molecule has 1 amide bonds. The van der Waals surface area contributed by atoms with Crippen LogP contribution in [0.2, 0.25) is 0 Å². The van der Waals surface area contributed by atoms with Crippen LogP contribution in [0.15, 0.2) is 30.6 Å². The molecule has 0 spiro atoms. The van der Waals surface area contributed by atoms with Crippen LogP contribution >= 0.6 is 0 Å². The fourth-order valence-corrected chi connectivity index (χ4v) is 2.46. The molecule has 2 aromatic heterocycles. The summed E-state index contributed by atoms with van der Waals surface area (Å²) < 4.78 is 0. The van der Waals surface area contributed by atoms with Crippen LogP contribution in [0.4, 0.5) is 0 Å². The Balaban J connectivity index is 1.62. The summed E-state index contributed by atoms with van der Waals surface area (Å²) in [5.74, 6) is 0.793. The van der Waals surface area contributed by atoms with Gasteiger partial charge in [-0.2, -0.15) is 5.10 Å². The molecular formula is C15H17N5O. The van der Waals surface area contributed by atoms with E-state index in [2.05, 4.69) is 25.5 Å². The first-order valence-corrected chi connectivity index (χ1v) is 6.91. The fraction of sp³-hybridized carbons (Fsp3) is 0.267. The maximum absolute atomic E-state index is 12.1. The Kier molecular flexibility index (Phi) is 3.68. The molecule has 6 nitrogen and oxygen atoms in total.